The molecule has 0 aromatic heterocycles. The largest absolute Gasteiger partial charge is 0.508 e. The molecule has 0 aliphatic rings. The Morgan fingerprint density at radius 1 is 1.18 bits per heavy atom. The van der Waals surface area contributed by atoms with E-state index in [-0.39, 0.29) is 24.3 Å². The summed E-state index contributed by atoms with van der Waals surface area (Å²) in [5, 5.41) is 21.6. The van der Waals surface area contributed by atoms with E-state index in [2.05, 4.69) is 5.32 Å². The highest BCUT2D eigenvalue weighted by molar-refractivity contribution is 5.95. The van der Waals surface area contributed by atoms with Crippen LogP contribution in [0.4, 0.5) is 0 Å². The lowest BCUT2D eigenvalue weighted by Gasteiger charge is -2.19. The van der Waals surface area contributed by atoms with Crippen molar-refractivity contribution >= 4 is 5.91 Å². The minimum atomic E-state index is -0.231. The van der Waals surface area contributed by atoms with E-state index in [1.54, 1.807) is 12.1 Å². The van der Waals surface area contributed by atoms with E-state index in [1.165, 1.54) is 6.07 Å². The monoisotopic (exact) mass is 299 g/mol. The number of hydrogen-bond donors (Lipinski definition) is 3. The lowest BCUT2D eigenvalue weighted by atomic mass is 10.0. The van der Waals surface area contributed by atoms with E-state index in [1.807, 2.05) is 37.3 Å². The number of benzene rings is 2. The standard InChI is InChI=1S/C18H21NO3/c1-13-10-15(12-16(21)11-13)18(22)19-17(8-5-9-20)14-6-3-2-4-7-14/h2-4,6-7,10-12,17,20-21H,5,8-9H2,1H3,(H,19,22). The van der Waals surface area contributed by atoms with Gasteiger partial charge in [0.05, 0.1) is 6.04 Å². The maximum atomic E-state index is 12.4. The normalized spacial score (nSPS) is 11.9. The molecule has 1 unspecified atom stereocenters. The summed E-state index contributed by atoms with van der Waals surface area (Å²) in [5.74, 6) is -0.150. The number of rotatable bonds is 6. The van der Waals surface area contributed by atoms with Crippen molar-refractivity contribution in [1.82, 2.24) is 5.32 Å². The van der Waals surface area contributed by atoms with Crippen LogP contribution >= 0.6 is 0 Å². The van der Waals surface area contributed by atoms with Crippen molar-refractivity contribution in [3.05, 3.63) is 65.2 Å². The highest BCUT2D eigenvalue weighted by Crippen LogP contribution is 2.20. The zero-order chi connectivity index (χ0) is 15.9. The first-order chi connectivity index (χ1) is 10.6. The van der Waals surface area contributed by atoms with Crippen LogP contribution in [0.2, 0.25) is 0 Å². The van der Waals surface area contributed by atoms with Gasteiger partial charge in [0.1, 0.15) is 5.75 Å². The van der Waals surface area contributed by atoms with Gasteiger partial charge in [0.2, 0.25) is 0 Å². The molecule has 0 saturated heterocycles. The molecule has 0 fully saturated rings. The fourth-order valence-corrected chi connectivity index (χ4v) is 2.44. The summed E-state index contributed by atoms with van der Waals surface area (Å²) in [6.45, 7) is 1.92. The van der Waals surface area contributed by atoms with Gasteiger partial charge in [-0.15, -0.1) is 0 Å². The molecule has 0 aliphatic carbocycles. The van der Waals surface area contributed by atoms with Crippen molar-refractivity contribution in [1.29, 1.82) is 0 Å². The molecular formula is C18H21NO3. The maximum absolute atomic E-state index is 12.4. The Morgan fingerprint density at radius 2 is 1.91 bits per heavy atom. The molecule has 0 saturated carbocycles. The second-order valence-corrected chi connectivity index (χ2v) is 5.36. The Bertz CT molecular complexity index is 605. The van der Waals surface area contributed by atoms with Crippen LogP contribution in [0.5, 0.6) is 5.75 Å². The van der Waals surface area contributed by atoms with Crippen molar-refractivity contribution < 1.29 is 15.0 Å². The summed E-state index contributed by atoms with van der Waals surface area (Å²) < 4.78 is 0. The minimum Gasteiger partial charge on any atom is -0.508 e. The summed E-state index contributed by atoms with van der Waals surface area (Å²) in [4.78, 5) is 12.4. The third kappa shape index (κ3) is 4.33. The molecule has 1 atom stereocenters. The molecule has 2 aromatic carbocycles. The summed E-state index contributed by atoms with van der Waals surface area (Å²) in [6.07, 6.45) is 1.27. The number of aryl methyl sites for hydroxylation is 1. The van der Waals surface area contributed by atoms with E-state index in [9.17, 15) is 9.90 Å². The van der Waals surface area contributed by atoms with Gasteiger partial charge in [0.15, 0.2) is 0 Å². The van der Waals surface area contributed by atoms with Crippen LogP contribution < -0.4 is 5.32 Å². The predicted molar refractivity (Wildman–Crippen MR) is 85.8 cm³/mol. The van der Waals surface area contributed by atoms with E-state index in [4.69, 9.17) is 5.11 Å². The van der Waals surface area contributed by atoms with Gasteiger partial charge in [-0.1, -0.05) is 30.3 Å². The summed E-state index contributed by atoms with van der Waals surface area (Å²) >= 11 is 0. The van der Waals surface area contributed by atoms with Crippen LogP contribution in [0.15, 0.2) is 48.5 Å². The average molecular weight is 299 g/mol. The molecule has 0 aliphatic heterocycles. The van der Waals surface area contributed by atoms with Crippen molar-refractivity contribution in [3.8, 4) is 5.75 Å². The van der Waals surface area contributed by atoms with Gasteiger partial charge in [-0.25, -0.2) is 0 Å². The van der Waals surface area contributed by atoms with Crippen LogP contribution in [0, 0.1) is 6.92 Å². The second kappa shape index (κ2) is 7.61. The van der Waals surface area contributed by atoms with E-state index in [0.29, 0.717) is 18.4 Å². The summed E-state index contributed by atoms with van der Waals surface area (Å²) in [5.41, 5.74) is 2.26. The van der Waals surface area contributed by atoms with E-state index in [0.717, 1.165) is 11.1 Å². The van der Waals surface area contributed by atoms with Gasteiger partial charge in [-0.2, -0.15) is 0 Å². The van der Waals surface area contributed by atoms with Gasteiger partial charge in [0, 0.05) is 12.2 Å². The zero-order valence-corrected chi connectivity index (χ0v) is 12.6. The van der Waals surface area contributed by atoms with Crippen LogP contribution in [0.25, 0.3) is 0 Å². The smallest absolute Gasteiger partial charge is 0.251 e. The number of aliphatic hydroxyl groups is 1. The molecule has 2 aromatic rings. The van der Waals surface area contributed by atoms with Crippen molar-refractivity contribution in [2.24, 2.45) is 0 Å². The third-order valence-electron chi connectivity index (χ3n) is 3.48. The third-order valence-corrected chi connectivity index (χ3v) is 3.48. The lowest BCUT2D eigenvalue weighted by molar-refractivity contribution is 0.0932. The summed E-state index contributed by atoms with van der Waals surface area (Å²) in [6, 6.07) is 14.3. The topological polar surface area (TPSA) is 69.6 Å². The Balaban J connectivity index is 2.17. The Morgan fingerprint density at radius 3 is 2.55 bits per heavy atom. The highest BCUT2D eigenvalue weighted by atomic mass is 16.3. The number of carbonyl (C=O) groups excluding carboxylic acids is 1. The molecule has 2 rings (SSSR count). The number of nitrogens with one attached hydrogen (secondary N) is 1. The number of phenols is 1. The van der Waals surface area contributed by atoms with Crippen molar-refractivity contribution in [3.63, 3.8) is 0 Å². The van der Waals surface area contributed by atoms with Crippen molar-refractivity contribution in [2.45, 2.75) is 25.8 Å². The average Bonchev–Trinajstić information content (AvgIpc) is 2.51. The van der Waals surface area contributed by atoms with Crippen molar-refractivity contribution in [2.75, 3.05) is 6.61 Å². The van der Waals surface area contributed by atoms with E-state index < -0.39 is 0 Å². The lowest BCUT2D eigenvalue weighted by Crippen LogP contribution is -2.28. The van der Waals surface area contributed by atoms with Gasteiger partial charge >= 0.3 is 0 Å². The summed E-state index contributed by atoms with van der Waals surface area (Å²) in [7, 11) is 0. The Hall–Kier alpha value is -2.33. The zero-order valence-electron chi connectivity index (χ0n) is 12.6. The van der Waals surface area contributed by atoms with Gasteiger partial charge < -0.3 is 15.5 Å². The molecule has 3 N–H and O–H groups in total. The number of amides is 1. The van der Waals surface area contributed by atoms with E-state index >= 15 is 0 Å². The molecule has 4 heteroatoms. The van der Waals surface area contributed by atoms with Crippen LogP contribution in [0.1, 0.15) is 40.4 Å². The fraction of sp³-hybridized carbons (Fsp3) is 0.278. The number of hydrogen-bond acceptors (Lipinski definition) is 3. The first-order valence-corrected chi connectivity index (χ1v) is 7.37. The molecule has 0 radical (unpaired) electrons. The predicted octanol–water partition coefficient (Wildman–Crippen LogP) is 2.94. The van der Waals surface area contributed by atoms with Gasteiger partial charge in [-0.05, 0) is 49.1 Å². The first kappa shape index (κ1) is 16.0. The Kier molecular flexibility index (Phi) is 5.55. The van der Waals surface area contributed by atoms with Crippen LogP contribution in [-0.4, -0.2) is 22.7 Å². The fourth-order valence-electron chi connectivity index (χ4n) is 2.44. The second-order valence-electron chi connectivity index (χ2n) is 5.36. The first-order valence-electron chi connectivity index (χ1n) is 7.37. The van der Waals surface area contributed by atoms with Gasteiger partial charge in [-0.3, -0.25) is 4.79 Å². The Labute approximate surface area is 130 Å². The molecule has 22 heavy (non-hydrogen) atoms. The molecule has 4 nitrogen and oxygen atoms in total. The SMILES string of the molecule is Cc1cc(O)cc(C(=O)NC(CCCO)c2ccccc2)c1. The molecular weight excluding hydrogens is 278 g/mol. The molecule has 116 valence electrons. The van der Waals surface area contributed by atoms with Crippen LogP contribution in [0.3, 0.4) is 0 Å². The van der Waals surface area contributed by atoms with Gasteiger partial charge in [0.25, 0.3) is 5.91 Å². The molecule has 0 heterocycles. The highest BCUT2D eigenvalue weighted by Gasteiger charge is 2.16. The number of aliphatic hydroxyl groups excluding tert-OH is 1. The number of aromatic hydroxyl groups is 1. The number of carbonyl (C=O) groups is 1. The maximum Gasteiger partial charge on any atom is 0.251 e. The molecule has 0 bridgehead atoms. The number of phenolic OH excluding ortho intramolecular Hbond substituents is 1. The molecule has 0 spiro atoms. The van der Waals surface area contributed by atoms with Crippen LogP contribution in [-0.2, 0) is 0 Å². The molecule has 1 amide bonds. The quantitative estimate of drug-likeness (QED) is 0.768. The minimum absolute atomic E-state index is 0.0803.